The lowest BCUT2D eigenvalue weighted by Gasteiger charge is -2.36. The van der Waals surface area contributed by atoms with Gasteiger partial charge < -0.3 is 20.7 Å². The van der Waals surface area contributed by atoms with E-state index in [1.807, 2.05) is 11.8 Å². The van der Waals surface area contributed by atoms with Gasteiger partial charge in [-0.15, -0.1) is 12.4 Å². The maximum atomic E-state index is 12.7. The molecule has 1 aliphatic heterocycles. The van der Waals surface area contributed by atoms with Crippen molar-refractivity contribution in [2.45, 2.75) is 51.5 Å². The molecule has 0 saturated carbocycles. The number of hydrogen-bond donors (Lipinski definition) is 2. The van der Waals surface area contributed by atoms with Gasteiger partial charge in [0.05, 0.1) is 6.61 Å². The molecular formula is C21H32ClN3O4. The van der Waals surface area contributed by atoms with Gasteiger partial charge in [0.1, 0.15) is 5.75 Å². The van der Waals surface area contributed by atoms with Crippen LogP contribution in [0.3, 0.4) is 0 Å². The van der Waals surface area contributed by atoms with E-state index in [2.05, 4.69) is 5.32 Å². The summed E-state index contributed by atoms with van der Waals surface area (Å²) in [7, 11) is 0. The monoisotopic (exact) mass is 425 g/mol. The first-order valence-electron chi connectivity index (χ1n) is 10.1. The quantitative estimate of drug-likeness (QED) is 0.560. The Bertz CT molecular complexity index is 666. The summed E-state index contributed by atoms with van der Waals surface area (Å²) in [6, 6.07) is 6.98. The van der Waals surface area contributed by atoms with E-state index in [1.165, 1.54) is 0 Å². The zero-order chi connectivity index (χ0) is 20.4. The van der Waals surface area contributed by atoms with Crippen molar-refractivity contribution in [1.29, 1.82) is 0 Å². The molecule has 29 heavy (non-hydrogen) atoms. The fourth-order valence-electron chi connectivity index (χ4n) is 3.40. The second-order valence-electron chi connectivity index (χ2n) is 6.96. The molecule has 1 atom stereocenters. The first kappa shape index (κ1) is 24.9. The van der Waals surface area contributed by atoms with Crippen molar-refractivity contribution in [2.75, 3.05) is 26.2 Å². The number of nitrogens with one attached hydrogen (secondary N) is 1. The molecule has 1 aromatic rings. The SMILES string of the molecule is CCOc1ccc(C(=O)CCC(=O)N2CCCCC2CNC(=O)CCN)cc1.Cl. The zero-order valence-corrected chi connectivity index (χ0v) is 17.8. The van der Waals surface area contributed by atoms with Crippen LogP contribution in [0.1, 0.15) is 55.8 Å². The summed E-state index contributed by atoms with van der Waals surface area (Å²) in [6.45, 7) is 3.91. The lowest BCUT2D eigenvalue weighted by molar-refractivity contribution is -0.135. The molecule has 1 heterocycles. The van der Waals surface area contributed by atoms with Crippen LogP contribution in [0.2, 0.25) is 0 Å². The van der Waals surface area contributed by atoms with E-state index < -0.39 is 0 Å². The highest BCUT2D eigenvalue weighted by Crippen LogP contribution is 2.19. The summed E-state index contributed by atoms with van der Waals surface area (Å²) in [6.07, 6.45) is 3.49. The van der Waals surface area contributed by atoms with Gasteiger partial charge in [-0.2, -0.15) is 0 Å². The van der Waals surface area contributed by atoms with Crippen molar-refractivity contribution in [3.8, 4) is 5.75 Å². The largest absolute Gasteiger partial charge is 0.494 e. The molecule has 2 rings (SSSR count). The van der Waals surface area contributed by atoms with Crippen molar-refractivity contribution >= 4 is 30.0 Å². The van der Waals surface area contributed by atoms with Gasteiger partial charge in [0.25, 0.3) is 0 Å². The molecule has 0 radical (unpaired) electrons. The van der Waals surface area contributed by atoms with Crippen LogP contribution in [0.25, 0.3) is 0 Å². The number of likely N-dealkylation sites (tertiary alicyclic amines) is 1. The van der Waals surface area contributed by atoms with Crippen LogP contribution in [0.15, 0.2) is 24.3 Å². The third kappa shape index (κ3) is 8.03. The predicted molar refractivity (Wildman–Crippen MR) is 114 cm³/mol. The van der Waals surface area contributed by atoms with Gasteiger partial charge >= 0.3 is 0 Å². The maximum absolute atomic E-state index is 12.7. The number of Topliss-reactive ketones (excluding diaryl/α,β-unsaturated/α-hetero) is 1. The fraction of sp³-hybridized carbons (Fsp3) is 0.571. The van der Waals surface area contributed by atoms with E-state index in [4.69, 9.17) is 10.5 Å². The van der Waals surface area contributed by atoms with Crippen LogP contribution in [0.5, 0.6) is 5.75 Å². The lowest BCUT2D eigenvalue weighted by Crippen LogP contribution is -2.49. The minimum atomic E-state index is -0.0915. The van der Waals surface area contributed by atoms with Gasteiger partial charge in [-0.05, 0) is 50.5 Å². The highest BCUT2D eigenvalue weighted by Gasteiger charge is 2.27. The summed E-state index contributed by atoms with van der Waals surface area (Å²) >= 11 is 0. The number of carbonyl (C=O) groups excluding carboxylic acids is 3. The summed E-state index contributed by atoms with van der Waals surface area (Å²) in [5.41, 5.74) is 5.97. The second kappa shape index (κ2) is 13.2. The molecule has 7 nitrogen and oxygen atoms in total. The molecule has 8 heteroatoms. The Morgan fingerprint density at radius 3 is 2.52 bits per heavy atom. The topological polar surface area (TPSA) is 102 Å². The molecule has 162 valence electrons. The Balaban J connectivity index is 0.00000420. The molecular weight excluding hydrogens is 394 g/mol. The fourth-order valence-corrected chi connectivity index (χ4v) is 3.40. The summed E-state index contributed by atoms with van der Waals surface area (Å²) < 4.78 is 5.38. The molecule has 1 aromatic carbocycles. The molecule has 1 fully saturated rings. The molecule has 3 N–H and O–H groups in total. The Labute approximate surface area is 178 Å². The zero-order valence-electron chi connectivity index (χ0n) is 17.0. The van der Waals surface area contributed by atoms with Gasteiger partial charge in [0.2, 0.25) is 11.8 Å². The highest BCUT2D eigenvalue weighted by atomic mass is 35.5. The van der Waals surface area contributed by atoms with Gasteiger partial charge in [-0.1, -0.05) is 0 Å². The standard InChI is InChI=1S/C21H31N3O4.ClH/c1-2-28-18-8-6-16(7-9-18)19(25)10-11-21(27)24-14-4-3-5-17(24)15-23-20(26)12-13-22;/h6-9,17H,2-5,10-15,22H2,1H3,(H,23,26);1H. The summed E-state index contributed by atoms with van der Waals surface area (Å²) in [5.74, 6) is 0.549. The number of nitrogens with zero attached hydrogens (tertiary/aromatic N) is 1. The number of carbonyl (C=O) groups is 3. The van der Waals surface area contributed by atoms with E-state index in [1.54, 1.807) is 24.3 Å². The lowest BCUT2D eigenvalue weighted by atomic mass is 10.00. The number of piperidine rings is 1. The van der Waals surface area contributed by atoms with Gasteiger partial charge in [-0.3, -0.25) is 14.4 Å². The average molecular weight is 426 g/mol. The molecule has 1 unspecified atom stereocenters. The van der Waals surface area contributed by atoms with Crippen LogP contribution in [-0.2, 0) is 9.59 Å². The Morgan fingerprint density at radius 2 is 1.86 bits per heavy atom. The van der Waals surface area contributed by atoms with E-state index >= 15 is 0 Å². The van der Waals surface area contributed by atoms with Crippen LogP contribution < -0.4 is 15.8 Å². The number of ether oxygens (including phenoxy) is 1. The van der Waals surface area contributed by atoms with Gasteiger partial charge in [0, 0.05) is 50.5 Å². The second-order valence-corrected chi connectivity index (χ2v) is 6.96. The number of halogens is 1. The summed E-state index contributed by atoms with van der Waals surface area (Å²) in [4.78, 5) is 38.5. The number of amides is 2. The smallest absolute Gasteiger partial charge is 0.223 e. The average Bonchev–Trinajstić information content (AvgIpc) is 2.71. The van der Waals surface area contributed by atoms with E-state index in [0.29, 0.717) is 31.8 Å². The Hall–Kier alpha value is -2.12. The normalized spacial score (nSPS) is 15.9. The first-order chi connectivity index (χ1) is 13.5. The van der Waals surface area contributed by atoms with Crippen LogP contribution in [-0.4, -0.2) is 54.8 Å². The van der Waals surface area contributed by atoms with Crippen molar-refractivity contribution in [1.82, 2.24) is 10.2 Å². The van der Waals surface area contributed by atoms with Crippen molar-refractivity contribution in [2.24, 2.45) is 5.73 Å². The number of rotatable bonds is 10. The number of benzene rings is 1. The third-order valence-corrected chi connectivity index (χ3v) is 4.91. The molecule has 1 aliphatic rings. The first-order valence-corrected chi connectivity index (χ1v) is 10.1. The van der Waals surface area contributed by atoms with E-state index in [9.17, 15) is 14.4 Å². The van der Waals surface area contributed by atoms with E-state index in [0.717, 1.165) is 25.0 Å². The number of nitrogens with two attached hydrogens (primary N) is 1. The Morgan fingerprint density at radius 1 is 1.14 bits per heavy atom. The minimum absolute atomic E-state index is 0. The van der Waals surface area contributed by atoms with Gasteiger partial charge in [0.15, 0.2) is 5.78 Å². The van der Waals surface area contributed by atoms with Crippen molar-refractivity contribution < 1.29 is 19.1 Å². The molecule has 1 saturated heterocycles. The third-order valence-electron chi connectivity index (χ3n) is 4.91. The van der Waals surface area contributed by atoms with Crippen molar-refractivity contribution in [3.05, 3.63) is 29.8 Å². The minimum Gasteiger partial charge on any atom is -0.494 e. The maximum Gasteiger partial charge on any atom is 0.223 e. The van der Waals surface area contributed by atoms with Crippen LogP contribution >= 0.6 is 12.4 Å². The molecule has 0 bridgehead atoms. The Kier molecular flexibility index (Phi) is 11.3. The highest BCUT2D eigenvalue weighted by molar-refractivity contribution is 5.98. The molecule has 2 amide bonds. The van der Waals surface area contributed by atoms with Crippen molar-refractivity contribution in [3.63, 3.8) is 0 Å². The van der Waals surface area contributed by atoms with E-state index in [-0.39, 0.29) is 55.3 Å². The molecule has 0 aliphatic carbocycles. The van der Waals surface area contributed by atoms with Crippen LogP contribution in [0, 0.1) is 0 Å². The van der Waals surface area contributed by atoms with Gasteiger partial charge in [-0.25, -0.2) is 0 Å². The number of ketones is 1. The molecule has 0 spiro atoms. The predicted octanol–water partition coefficient (Wildman–Crippen LogP) is 2.32. The summed E-state index contributed by atoms with van der Waals surface area (Å²) in [5, 5.41) is 2.85. The molecule has 0 aromatic heterocycles. The van der Waals surface area contributed by atoms with Crippen LogP contribution in [0.4, 0.5) is 0 Å². The number of hydrogen-bond acceptors (Lipinski definition) is 5.